The molecule has 6 nitrogen and oxygen atoms in total. The summed E-state index contributed by atoms with van der Waals surface area (Å²) < 4.78 is 36.3. The van der Waals surface area contributed by atoms with Crippen LogP contribution in [0.4, 0.5) is 0 Å². The molecule has 0 aliphatic heterocycles. The van der Waals surface area contributed by atoms with Gasteiger partial charge in [-0.2, -0.15) is 0 Å². The first-order valence-electron chi connectivity index (χ1n) is 7.06. The summed E-state index contributed by atoms with van der Waals surface area (Å²) in [5.74, 6) is 1.15. The third-order valence-corrected chi connectivity index (χ3v) is 4.00. The van der Waals surface area contributed by atoms with E-state index in [4.69, 9.17) is 9.47 Å². The molecule has 0 bridgehead atoms. The van der Waals surface area contributed by atoms with Gasteiger partial charge < -0.3 is 9.47 Å². The maximum atomic E-state index is 11.3. The molecule has 1 atom stereocenters. The maximum Gasteiger partial charge on any atom is 0.209 e. The molecule has 1 N–H and O–H groups in total. The van der Waals surface area contributed by atoms with E-state index in [1.165, 1.54) is 0 Å². The van der Waals surface area contributed by atoms with Crippen molar-refractivity contribution in [2.24, 2.45) is 0 Å². The lowest BCUT2D eigenvalue weighted by Gasteiger charge is -2.16. The van der Waals surface area contributed by atoms with Gasteiger partial charge in [-0.3, -0.25) is 4.98 Å². The van der Waals surface area contributed by atoms with Gasteiger partial charge in [0.2, 0.25) is 10.0 Å². The second-order valence-electron chi connectivity index (χ2n) is 5.17. The predicted octanol–water partition coefficient (Wildman–Crippen LogP) is 2.28. The molecule has 2 rings (SSSR count). The van der Waals surface area contributed by atoms with E-state index in [0.717, 1.165) is 17.4 Å². The van der Waals surface area contributed by atoms with Crippen molar-refractivity contribution < 1.29 is 17.9 Å². The van der Waals surface area contributed by atoms with Gasteiger partial charge in [-0.1, -0.05) is 6.07 Å². The summed E-state index contributed by atoms with van der Waals surface area (Å²) in [5, 5.41) is 0. The Morgan fingerprint density at radius 3 is 2.48 bits per heavy atom. The van der Waals surface area contributed by atoms with Gasteiger partial charge in [0, 0.05) is 18.4 Å². The van der Waals surface area contributed by atoms with Crippen LogP contribution in [-0.2, 0) is 16.6 Å². The molecule has 1 aromatic heterocycles. The van der Waals surface area contributed by atoms with E-state index in [1.54, 1.807) is 38.6 Å². The lowest BCUT2D eigenvalue weighted by Crippen LogP contribution is -2.25. The third kappa shape index (κ3) is 5.22. The van der Waals surface area contributed by atoms with Gasteiger partial charge in [-0.15, -0.1) is 0 Å². The Kier molecular flexibility index (Phi) is 5.57. The molecule has 7 heteroatoms. The zero-order valence-corrected chi connectivity index (χ0v) is 14.1. The van der Waals surface area contributed by atoms with Gasteiger partial charge in [0.1, 0.15) is 6.61 Å². The molecule has 0 aliphatic carbocycles. The second-order valence-corrected chi connectivity index (χ2v) is 6.95. The van der Waals surface area contributed by atoms with Crippen molar-refractivity contribution in [3.63, 3.8) is 0 Å². The van der Waals surface area contributed by atoms with Gasteiger partial charge >= 0.3 is 0 Å². The zero-order chi connectivity index (χ0) is 16.9. The summed E-state index contributed by atoms with van der Waals surface area (Å²) in [6.07, 6.45) is 4.54. The average molecular weight is 336 g/mol. The molecule has 1 aromatic carbocycles. The van der Waals surface area contributed by atoms with Crippen molar-refractivity contribution in [2.45, 2.75) is 19.6 Å². The summed E-state index contributed by atoms with van der Waals surface area (Å²) in [6, 6.07) is 8.75. The Morgan fingerprint density at radius 1 is 1.17 bits per heavy atom. The maximum absolute atomic E-state index is 11.3. The minimum Gasteiger partial charge on any atom is -0.493 e. The molecule has 1 heterocycles. The Morgan fingerprint density at radius 2 is 1.87 bits per heavy atom. The molecule has 23 heavy (non-hydrogen) atoms. The first kappa shape index (κ1) is 17.2. The molecule has 0 saturated carbocycles. The van der Waals surface area contributed by atoms with Crippen molar-refractivity contribution in [3.8, 4) is 11.5 Å². The number of ether oxygens (including phenoxy) is 2. The quantitative estimate of drug-likeness (QED) is 0.839. The van der Waals surface area contributed by atoms with Crippen LogP contribution in [0.3, 0.4) is 0 Å². The van der Waals surface area contributed by atoms with Crippen LogP contribution >= 0.6 is 0 Å². The van der Waals surface area contributed by atoms with Crippen LogP contribution in [0.15, 0.2) is 42.7 Å². The third-order valence-electron chi connectivity index (χ3n) is 3.22. The first-order valence-corrected chi connectivity index (χ1v) is 8.95. The number of pyridine rings is 1. The molecular weight excluding hydrogens is 316 g/mol. The number of hydrogen-bond donors (Lipinski definition) is 1. The van der Waals surface area contributed by atoms with E-state index in [-0.39, 0.29) is 6.04 Å². The number of aromatic nitrogens is 1. The molecule has 0 fully saturated rings. The summed E-state index contributed by atoms with van der Waals surface area (Å²) >= 11 is 0. The fraction of sp³-hybridized carbons (Fsp3) is 0.312. The summed E-state index contributed by atoms with van der Waals surface area (Å²) in [6.45, 7) is 2.17. The van der Waals surface area contributed by atoms with Crippen LogP contribution in [-0.4, -0.2) is 26.8 Å². The van der Waals surface area contributed by atoms with Crippen LogP contribution in [0.2, 0.25) is 0 Å². The Bertz CT molecular complexity index is 748. The van der Waals surface area contributed by atoms with E-state index < -0.39 is 10.0 Å². The van der Waals surface area contributed by atoms with Crippen LogP contribution in [0.1, 0.15) is 24.1 Å². The van der Waals surface area contributed by atoms with Crippen molar-refractivity contribution >= 4 is 10.0 Å². The molecule has 2 aromatic rings. The highest BCUT2D eigenvalue weighted by atomic mass is 32.2. The predicted molar refractivity (Wildman–Crippen MR) is 88.0 cm³/mol. The molecule has 124 valence electrons. The molecule has 0 unspecified atom stereocenters. The number of benzene rings is 1. The Balaban J connectivity index is 2.13. The molecule has 0 amide bonds. The second kappa shape index (κ2) is 7.43. The summed E-state index contributed by atoms with van der Waals surface area (Å²) in [7, 11) is -1.73. The van der Waals surface area contributed by atoms with Crippen LogP contribution in [0, 0.1) is 0 Å². The number of nitrogens with one attached hydrogen (secondary N) is 1. The highest BCUT2D eigenvalue weighted by molar-refractivity contribution is 7.88. The van der Waals surface area contributed by atoms with Crippen molar-refractivity contribution in [3.05, 3.63) is 53.9 Å². The fourth-order valence-electron chi connectivity index (χ4n) is 2.10. The van der Waals surface area contributed by atoms with E-state index in [1.807, 2.05) is 18.2 Å². The molecule has 0 radical (unpaired) electrons. The molecule has 0 saturated heterocycles. The van der Waals surface area contributed by atoms with Crippen molar-refractivity contribution in [1.29, 1.82) is 0 Å². The monoisotopic (exact) mass is 336 g/mol. The topological polar surface area (TPSA) is 77.5 Å². The molecule has 0 aliphatic rings. The highest BCUT2D eigenvalue weighted by Gasteiger charge is 2.14. The van der Waals surface area contributed by atoms with Gasteiger partial charge in [0.15, 0.2) is 11.5 Å². The number of sulfonamides is 1. The van der Waals surface area contributed by atoms with Crippen LogP contribution < -0.4 is 14.2 Å². The van der Waals surface area contributed by atoms with E-state index in [0.29, 0.717) is 18.1 Å². The van der Waals surface area contributed by atoms with Gasteiger partial charge in [0.25, 0.3) is 0 Å². The number of rotatable bonds is 7. The highest BCUT2D eigenvalue weighted by Crippen LogP contribution is 2.31. The summed E-state index contributed by atoms with van der Waals surface area (Å²) in [5.41, 5.74) is 1.79. The number of methoxy groups -OCH3 is 1. The summed E-state index contributed by atoms with van der Waals surface area (Å²) in [4.78, 5) is 3.96. The minimum absolute atomic E-state index is 0.354. The fourth-order valence-corrected chi connectivity index (χ4v) is 2.88. The van der Waals surface area contributed by atoms with Crippen molar-refractivity contribution in [1.82, 2.24) is 9.71 Å². The normalized spacial score (nSPS) is 12.7. The molecule has 0 spiro atoms. The van der Waals surface area contributed by atoms with Crippen LogP contribution in [0.5, 0.6) is 11.5 Å². The van der Waals surface area contributed by atoms with E-state index in [9.17, 15) is 8.42 Å². The lowest BCUT2D eigenvalue weighted by molar-refractivity contribution is 0.284. The Labute approximate surface area is 136 Å². The minimum atomic E-state index is -3.28. The number of nitrogens with zero attached hydrogens (tertiary/aromatic N) is 1. The van der Waals surface area contributed by atoms with Crippen LogP contribution in [0.25, 0.3) is 0 Å². The van der Waals surface area contributed by atoms with Gasteiger partial charge in [-0.05, 0) is 42.3 Å². The van der Waals surface area contributed by atoms with Gasteiger partial charge in [-0.25, -0.2) is 13.1 Å². The first-order chi connectivity index (χ1) is 10.9. The smallest absolute Gasteiger partial charge is 0.209 e. The van der Waals surface area contributed by atoms with Crippen molar-refractivity contribution in [2.75, 3.05) is 13.4 Å². The van der Waals surface area contributed by atoms with E-state index >= 15 is 0 Å². The SMILES string of the molecule is COc1cc([C@@H](C)NS(C)(=O)=O)ccc1OCc1ccncc1. The Hall–Kier alpha value is -2.12. The largest absolute Gasteiger partial charge is 0.493 e. The number of hydrogen-bond acceptors (Lipinski definition) is 5. The molecular formula is C16H20N2O4S. The average Bonchev–Trinajstić information content (AvgIpc) is 2.52. The zero-order valence-electron chi connectivity index (χ0n) is 13.3. The standard InChI is InChI=1S/C16H20N2O4S/c1-12(18-23(3,19)20)14-4-5-15(16(10-14)21-2)22-11-13-6-8-17-9-7-13/h4-10,12,18H,11H2,1-3H3/t12-/m1/s1. The lowest BCUT2D eigenvalue weighted by atomic mass is 10.1. The van der Waals surface area contributed by atoms with Gasteiger partial charge in [0.05, 0.1) is 13.4 Å². The van der Waals surface area contributed by atoms with E-state index in [2.05, 4.69) is 9.71 Å².